The number of benzene rings is 2. The van der Waals surface area contributed by atoms with E-state index in [2.05, 4.69) is 20.7 Å². The molecule has 2 aromatic carbocycles. The van der Waals surface area contributed by atoms with Gasteiger partial charge in [-0.3, -0.25) is 0 Å². The van der Waals surface area contributed by atoms with Crippen molar-refractivity contribution in [1.82, 2.24) is 4.72 Å². The number of hydrogen-bond acceptors (Lipinski definition) is 2. The van der Waals surface area contributed by atoms with E-state index in [9.17, 15) is 8.42 Å². The van der Waals surface area contributed by atoms with Crippen LogP contribution in [0.15, 0.2) is 57.9 Å². The van der Waals surface area contributed by atoms with Crippen LogP contribution in [-0.2, 0) is 16.4 Å². The maximum absolute atomic E-state index is 12.4. The van der Waals surface area contributed by atoms with Gasteiger partial charge in [-0.2, -0.15) is 0 Å². The third-order valence-electron chi connectivity index (χ3n) is 3.27. The molecule has 0 spiro atoms. The lowest BCUT2D eigenvalue weighted by Crippen LogP contribution is -2.34. The van der Waals surface area contributed by atoms with Crippen LogP contribution in [0.4, 0.5) is 0 Å². The van der Waals surface area contributed by atoms with E-state index in [1.807, 2.05) is 38.1 Å². The van der Waals surface area contributed by atoms with E-state index >= 15 is 0 Å². The number of hydrogen-bond donors (Lipinski definition) is 1. The number of halogens is 1. The monoisotopic (exact) mass is 367 g/mol. The Balaban J connectivity index is 2.14. The van der Waals surface area contributed by atoms with Gasteiger partial charge in [0.25, 0.3) is 0 Å². The molecule has 0 aliphatic heterocycles. The van der Waals surface area contributed by atoms with Crippen LogP contribution in [0.1, 0.15) is 18.1 Å². The van der Waals surface area contributed by atoms with Gasteiger partial charge in [0.1, 0.15) is 0 Å². The molecule has 0 aliphatic carbocycles. The third-order valence-corrected chi connectivity index (χ3v) is 5.87. The van der Waals surface area contributed by atoms with Crippen LogP contribution in [0.25, 0.3) is 0 Å². The minimum atomic E-state index is -3.52. The first-order chi connectivity index (χ1) is 9.90. The summed E-state index contributed by atoms with van der Waals surface area (Å²) in [5, 5.41) is 0. The molecule has 2 rings (SSSR count). The van der Waals surface area contributed by atoms with Gasteiger partial charge in [-0.1, -0.05) is 36.4 Å². The molecule has 0 heterocycles. The standard InChI is InChI=1S/C16H18BrNO2S/c1-12-7-3-4-8-14(12)11-13(2)18-21(19,20)16-10-6-5-9-15(16)17/h3-10,13,18H,11H2,1-2H3. The van der Waals surface area contributed by atoms with Crippen LogP contribution in [0.5, 0.6) is 0 Å². The van der Waals surface area contributed by atoms with Crippen LogP contribution in [-0.4, -0.2) is 14.5 Å². The van der Waals surface area contributed by atoms with Crippen molar-refractivity contribution in [2.24, 2.45) is 0 Å². The second kappa shape index (κ2) is 6.73. The molecule has 3 nitrogen and oxygen atoms in total. The normalized spacial score (nSPS) is 13.1. The largest absolute Gasteiger partial charge is 0.241 e. The quantitative estimate of drug-likeness (QED) is 0.876. The number of sulfonamides is 1. The van der Waals surface area contributed by atoms with Crippen LogP contribution in [0.3, 0.4) is 0 Å². The first-order valence-corrected chi connectivity index (χ1v) is 8.99. The van der Waals surface area contributed by atoms with E-state index in [0.29, 0.717) is 10.9 Å². The molecule has 0 saturated carbocycles. The summed E-state index contributed by atoms with van der Waals surface area (Å²) < 4.78 is 28.1. The highest BCUT2D eigenvalue weighted by atomic mass is 79.9. The first kappa shape index (κ1) is 16.2. The van der Waals surface area contributed by atoms with E-state index in [1.54, 1.807) is 24.3 Å². The van der Waals surface area contributed by atoms with Gasteiger partial charge in [-0.25, -0.2) is 13.1 Å². The van der Waals surface area contributed by atoms with E-state index in [1.165, 1.54) is 5.56 Å². The summed E-state index contributed by atoms with van der Waals surface area (Å²) in [4.78, 5) is 0.265. The summed E-state index contributed by atoms with van der Waals surface area (Å²) in [6, 6.07) is 14.6. The fraction of sp³-hybridized carbons (Fsp3) is 0.250. The molecule has 0 radical (unpaired) electrons. The molecule has 2 aromatic rings. The van der Waals surface area contributed by atoms with Crippen molar-refractivity contribution in [2.45, 2.75) is 31.2 Å². The Hall–Kier alpha value is -1.17. The molecule has 0 aromatic heterocycles. The molecule has 0 amide bonds. The molecule has 0 aliphatic rings. The highest BCUT2D eigenvalue weighted by Gasteiger charge is 2.20. The lowest BCUT2D eigenvalue weighted by atomic mass is 10.0. The van der Waals surface area contributed by atoms with Gasteiger partial charge in [-0.15, -0.1) is 0 Å². The predicted octanol–water partition coefficient (Wildman–Crippen LogP) is 3.67. The van der Waals surface area contributed by atoms with Gasteiger partial charge < -0.3 is 0 Å². The Kier molecular flexibility index (Phi) is 5.19. The van der Waals surface area contributed by atoms with Gasteiger partial charge in [0.2, 0.25) is 10.0 Å². The van der Waals surface area contributed by atoms with E-state index in [0.717, 1.165) is 5.56 Å². The Labute approximate surface area is 134 Å². The van der Waals surface area contributed by atoms with Gasteiger partial charge in [-0.05, 0) is 59.5 Å². The third kappa shape index (κ3) is 4.15. The molecule has 0 fully saturated rings. The molecule has 21 heavy (non-hydrogen) atoms. The van der Waals surface area contributed by atoms with Crippen molar-refractivity contribution >= 4 is 26.0 Å². The average Bonchev–Trinajstić information content (AvgIpc) is 2.41. The molecule has 1 atom stereocenters. The fourth-order valence-corrected chi connectivity index (χ4v) is 4.45. The lowest BCUT2D eigenvalue weighted by molar-refractivity contribution is 0.559. The highest BCUT2D eigenvalue weighted by Crippen LogP contribution is 2.21. The average molecular weight is 368 g/mol. The summed E-state index contributed by atoms with van der Waals surface area (Å²) in [6.45, 7) is 3.91. The number of nitrogens with one attached hydrogen (secondary N) is 1. The summed E-state index contributed by atoms with van der Waals surface area (Å²) in [5.74, 6) is 0. The minimum Gasteiger partial charge on any atom is -0.208 e. The maximum atomic E-state index is 12.4. The summed E-state index contributed by atoms with van der Waals surface area (Å²) in [5.41, 5.74) is 2.32. The molecule has 0 bridgehead atoms. The topological polar surface area (TPSA) is 46.2 Å². The van der Waals surface area contributed by atoms with Crippen molar-refractivity contribution in [3.63, 3.8) is 0 Å². The zero-order chi connectivity index (χ0) is 15.5. The number of aryl methyl sites for hydroxylation is 1. The highest BCUT2D eigenvalue weighted by molar-refractivity contribution is 9.10. The second-order valence-corrected chi connectivity index (χ2v) is 7.62. The van der Waals surface area contributed by atoms with Gasteiger partial charge in [0, 0.05) is 10.5 Å². The van der Waals surface area contributed by atoms with Crippen LogP contribution < -0.4 is 4.72 Å². The zero-order valence-electron chi connectivity index (χ0n) is 12.0. The van der Waals surface area contributed by atoms with Gasteiger partial charge >= 0.3 is 0 Å². The van der Waals surface area contributed by atoms with Crippen LogP contribution >= 0.6 is 15.9 Å². The molecular formula is C16H18BrNO2S. The molecule has 1 unspecified atom stereocenters. The molecule has 5 heteroatoms. The zero-order valence-corrected chi connectivity index (χ0v) is 14.4. The summed E-state index contributed by atoms with van der Waals surface area (Å²) in [6.07, 6.45) is 0.663. The Morgan fingerprint density at radius 3 is 2.38 bits per heavy atom. The molecule has 112 valence electrons. The summed E-state index contributed by atoms with van der Waals surface area (Å²) in [7, 11) is -3.52. The Morgan fingerprint density at radius 2 is 1.71 bits per heavy atom. The van der Waals surface area contributed by atoms with Crippen LogP contribution in [0.2, 0.25) is 0 Å². The van der Waals surface area contributed by atoms with Crippen molar-refractivity contribution in [3.8, 4) is 0 Å². The minimum absolute atomic E-state index is 0.178. The molecule has 0 saturated heterocycles. The van der Waals surface area contributed by atoms with E-state index < -0.39 is 10.0 Å². The summed E-state index contributed by atoms with van der Waals surface area (Å²) >= 11 is 3.28. The Morgan fingerprint density at radius 1 is 1.10 bits per heavy atom. The van der Waals surface area contributed by atoms with Crippen molar-refractivity contribution in [3.05, 3.63) is 64.1 Å². The van der Waals surface area contributed by atoms with E-state index in [4.69, 9.17) is 0 Å². The van der Waals surface area contributed by atoms with Crippen LogP contribution in [0, 0.1) is 6.92 Å². The fourth-order valence-electron chi connectivity index (χ4n) is 2.20. The molecular weight excluding hydrogens is 350 g/mol. The van der Waals surface area contributed by atoms with Gasteiger partial charge in [0.15, 0.2) is 0 Å². The second-order valence-electron chi connectivity index (χ2n) is 5.08. The van der Waals surface area contributed by atoms with Gasteiger partial charge in [0.05, 0.1) is 4.90 Å². The van der Waals surface area contributed by atoms with Crippen molar-refractivity contribution in [2.75, 3.05) is 0 Å². The Bertz CT molecular complexity index is 729. The number of rotatable bonds is 5. The maximum Gasteiger partial charge on any atom is 0.241 e. The van der Waals surface area contributed by atoms with Crippen molar-refractivity contribution in [1.29, 1.82) is 0 Å². The SMILES string of the molecule is Cc1ccccc1CC(C)NS(=O)(=O)c1ccccc1Br. The van der Waals surface area contributed by atoms with Crippen molar-refractivity contribution < 1.29 is 8.42 Å². The first-order valence-electron chi connectivity index (χ1n) is 6.71. The molecule has 1 N–H and O–H groups in total. The predicted molar refractivity (Wildman–Crippen MR) is 88.8 cm³/mol. The smallest absolute Gasteiger partial charge is 0.208 e. The van der Waals surface area contributed by atoms with E-state index in [-0.39, 0.29) is 10.9 Å². The lowest BCUT2D eigenvalue weighted by Gasteiger charge is -2.16.